The van der Waals surface area contributed by atoms with Crippen molar-refractivity contribution >= 4 is 23.5 Å². The predicted octanol–water partition coefficient (Wildman–Crippen LogP) is 4.50. The molecule has 1 unspecified atom stereocenters. The lowest BCUT2D eigenvalue weighted by molar-refractivity contribution is -0.147. The zero-order valence-electron chi connectivity index (χ0n) is 13.6. The largest absolute Gasteiger partial charge is 0.458 e. The van der Waals surface area contributed by atoms with Crippen LogP contribution in [0.5, 0.6) is 5.75 Å². The van der Waals surface area contributed by atoms with E-state index < -0.39 is 12.1 Å². The van der Waals surface area contributed by atoms with E-state index in [1.54, 1.807) is 18.2 Å². The maximum absolute atomic E-state index is 11.5. The number of rotatable bonds is 6. The number of hydrogen-bond acceptors (Lipinski definition) is 4. The van der Waals surface area contributed by atoms with Crippen LogP contribution in [0.4, 0.5) is 0 Å². The highest BCUT2D eigenvalue weighted by atomic mass is 35.5. The van der Waals surface area contributed by atoms with E-state index in [0.29, 0.717) is 29.2 Å². The summed E-state index contributed by atoms with van der Waals surface area (Å²) in [5, 5.41) is 0.664. The van der Waals surface area contributed by atoms with E-state index in [0.717, 1.165) is 5.56 Å². The van der Waals surface area contributed by atoms with E-state index in [-0.39, 0.29) is 5.97 Å². The summed E-state index contributed by atoms with van der Waals surface area (Å²) < 4.78 is 10.7. The lowest BCUT2D eigenvalue weighted by Gasteiger charge is -2.20. The van der Waals surface area contributed by atoms with Gasteiger partial charge in [0.2, 0.25) is 0 Å². The first-order valence-corrected chi connectivity index (χ1v) is 8.02. The highest BCUT2D eigenvalue weighted by molar-refractivity contribution is 6.30. The van der Waals surface area contributed by atoms with Crippen LogP contribution in [0.25, 0.3) is 0 Å². The van der Waals surface area contributed by atoms with Crippen LogP contribution in [-0.2, 0) is 20.7 Å². The van der Waals surface area contributed by atoms with E-state index in [1.807, 2.05) is 30.3 Å². The molecule has 0 N–H and O–H groups in total. The lowest BCUT2D eigenvalue weighted by Crippen LogP contribution is -2.12. The summed E-state index contributed by atoms with van der Waals surface area (Å²) in [6, 6.07) is 14.6. The Bertz CT molecular complexity index is 727. The normalized spacial score (nSPS) is 11.6. The standard InChI is InChI=1S/C19H19ClO4/c1-13(21)23-18-9-4-3-8-17(18)19(24-14(2)22)11-10-15-6-5-7-16(20)12-15/h3-9,12,19H,10-11H2,1-2H3. The Labute approximate surface area is 146 Å². The molecule has 2 aromatic rings. The summed E-state index contributed by atoms with van der Waals surface area (Å²) in [4.78, 5) is 22.8. The van der Waals surface area contributed by atoms with E-state index in [2.05, 4.69) is 0 Å². The van der Waals surface area contributed by atoms with Gasteiger partial charge in [-0.1, -0.05) is 41.9 Å². The number of hydrogen-bond donors (Lipinski definition) is 0. The van der Waals surface area contributed by atoms with Gasteiger partial charge in [0.15, 0.2) is 0 Å². The predicted molar refractivity (Wildman–Crippen MR) is 92.0 cm³/mol. The van der Waals surface area contributed by atoms with Crippen LogP contribution >= 0.6 is 11.6 Å². The quantitative estimate of drug-likeness (QED) is 0.570. The van der Waals surface area contributed by atoms with Crippen LogP contribution in [0.1, 0.15) is 37.5 Å². The molecule has 4 nitrogen and oxygen atoms in total. The SMILES string of the molecule is CC(=O)Oc1ccccc1C(CCc1cccc(Cl)c1)OC(C)=O. The number of para-hydroxylation sites is 1. The van der Waals surface area contributed by atoms with Gasteiger partial charge in [-0.25, -0.2) is 0 Å². The van der Waals surface area contributed by atoms with Crippen molar-refractivity contribution in [3.05, 3.63) is 64.7 Å². The molecule has 0 bridgehead atoms. The van der Waals surface area contributed by atoms with Crippen molar-refractivity contribution in [3.8, 4) is 5.75 Å². The molecule has 0 aromatic heterocycles. The van der Waals surface area contributed by atoms with E-state index >= 15 is 0 Å². The molecule has 126 valence electrons. The second-order valence-electron chi connectivity index (χ2n) is 5.40. The first-order chi connectivity index (χ1) is 11.5. The number of esters is 2. The molecule has 24 heavy (non-hydrogen) atoms. The molecule has 2 rings (SSSR count). The molecular weight excluding hydrogens is 328 g/mol. The topological polar surface area (TPSA) is 52.6 Å². The van der Waals surface area contributed by atoms with Gasteiger partial charge < -0.3 is 9.47 Å². The second-order valence-corrected chi connectivity index (χ2v) is 5.83. The second kappa shape index (κ2) is 8.50. The first-order valence-electron chi connectivity index (χ1n) is 7.64. The molecule has 0 fully saturated rings. The van der Waals surface area contributed by atoms with Crippen molar-refractivity contribution < 1.29 is 19.1 Å². The molecule has 0 saturated carbocycles. The molecule has 1 atom stereocenters. The number of halogens is 1. The van der Waals surface area contributed by atoms with Crippen LogP contribution in [0.3, 0.4) is 0 Å². The van der Waals surface area contributed by atoms with Crippen LogP contribution in [-0.4, -0.2) is 11.9 Å². The highest BCUT2D eigenvalue weighted by Crippen LogP contribution is 2.31. The van der Waals surface area contributed by atoms with Gasteiger partial charge in [-0.15, -0.1) is 0 Å². The van der Waals surface area contributed by atoms with Gasteiger partial charge in [0.05, 0.1) is 0 Å². The fraction of sp³-hybridized carbons (Fsp3) is 0.263. The molecule has 0 saturated heterocycles. The van der Waals surface area contributed by atoms with Crippen molar-refractivity contribution in [1.29, 1.82) is 0 Å². The maximum atomic E-state index is 11.5. The van der Waals surface area contributed by atoms with Crippen molar-refractivity contribution in [2.75, 3.05) is 0 Å². The molecule has 0 aliphatic rings. The number of carbonyl (C=O) groups is 2. The average Bonchev–Trinajstić information content (AvgIpc) is 2.51. The fourth-order valence-corrected chi connectivity index (χ4v) is 2.68. The summed E-state index contributed by atoms with van der Waals surface area (Å²) in [6.07, 6.45) is 0.725. The minimum Gasteiger partial charge on any atom is -0.458 e. The zero-order valence-corrected chi connectivity index (χ0v) is 14.4. The van der Waals surface area contributed by atoms with Gasteiger partial charge >= 0.3 is 11.9 Å². The minimum absolute atomic E-state index is 0.385. The molecular formula is C19H19ClO4. The lowest BCUT2D eigenvalue weighted by atomic mass is 10.0. The Hall–Kier alpha value is -2.33. The Kier molecular flexibility index (Phi) is 6.38. The Morgan fingerprint density at radius 1 is 1.04 bits per heavy atom. The van der Waals surface area contributed by atoms with Gasteiger partial charge in [-0.05, 0) is 36.6 Å². The molecule has 0 spiro atoms. The third-order valence-electron chi connectivity index (χ3n) is 3.41. The van der Waals surface area contributed by atoms with Crippen LogP contribution in [0, 0.1) is 0 Å². The number of benzene rings is 2. The van der Waals surface area contributed by atoms with Gasteiger partial charge in [-0.2, -0.15) is 0 Å². The molecule has 0 radical (unpaired) electrons. The van der Waals surface area contributed by atoms with Gasteiger partial charge in [0, 0.05) is 24.4 Å². The summed E-state index contributed by atoms with van der Waals surface area (Å²) in [5.41, 5.74) is 1.72. The molecule has 0 heterocycles. The van der Waals surface area contributed by atoms with Gasteiger partial charge in [0.25, 0.3) is 0 Å². The first kappa shape index (κ1) is 18.0. The molecule has 2 aromatic carbocycles. The Balaban J connectivity index is 2.22. The average molecular weight is 347 g/mol. The molecule has 0 aliphatic carbocycles. The minimum atomic E-state index is -0.503. The maximum Gasteiger partial charge on any atom is 0.308 e. The molecule has 0 aliphatic heterocycles. The monoisotopic (exact) mass is 346 g/mol. The third kappa shape index (κ3) is 5.39. The van der Waals surface area contributed by atoms with E-state index in [9.17, 15) is 9.59 Å². The van der Waals surface area contributed by atoms with E-state index in [1.165, 1.54) is 13.8 Å². The van der Waals surface area contributed by atoms with Crippen LogP contribution in [0.15, 0.2) is 48.5 Å². The van der Waals surface area contributed by atoms with Crippen molar-refractivity contribution in [2.45, 2.75) is 32.8 Å². The Morgan fingerprint density at radius 2 is 1.79 bits per heavy atom. The molecule has 5 heteroatoms. The number of ether oxygens (including phenoxy) is 2. The third-order valence-corrected chi connectivity index (χ3v) is 3.65. The Morgan fingerprint density at radius 3 is 2.46 bits per heavy atom. The van der Waals surface area contributed by atoms with Crippen molar-refractivity contribution in [1.82, 2.24) is 0 Å². The zero-order chi connectivity index (χ0) is 17.5. The number of aryl methyl sites for hydroxylation is 1. The summed E-state index contributed by atoms with van der Waals surface area (Å²) in [6.45, 7) is 2.70. The van der Waals surface area contributed by atoms with Crippen LogP contribution < -0.4 is 4.74 Å². The summed E-state index contributed by atoms with van der Waals surface area (Å²) in [7, 11) is 0. The van der Waals surface area contributed by atoms with Crippen molar-refractivity contribution in [3.63, 3.8) is 0 Å². The van der Waals surface area contributed by atoms with Gasteiger partial charge in [-0.3, -0.25) is 9.59 Å². The van der Waals surface area contributed by atoms with Gasteiger partial charge in [0.1, 0.15) is 11.9 Å². The van der Waals surface area contributed by atoms with E-state index in [4.69, 9.17) is 21.1 Å². The summed E-state index contributed by atoms with van der Waals surface area (Å²) >= 11 is 6.00. The van der Waals surface area contributed by atoms with Crippen LogP contribution in [0.2, 0.25) is 5.02 Å². The smallest absolute Gasteiger partial charge is 0.308 e. The highest BCUT2D eigenvalue weighted by Gasteiger charge is 2.20. The summed E-state index contributed by atoms with van der Waals surface area (Å²) in [5.74, 6) is -0.398. The number of carbonyl (C=O) groups excluding carboxylic acids is 2. The molecule has 0 amide bonds. The fourth-order valence-electron chi connectivity index (χ4n) is 2.46. The van der Waals surface area contributed by atoms with Crippen molar-refractivity contribution in [2.24, 2.45) is 0 Å².